The standard InChI is InChI=1S/C19H14OS/c1-21-19-10-5-14(6-11-19)2-3-15-4-7-17-13-18(20)9-8-16(17)12-15/h4-13,20H,1H3. The van der Waals surface area contributed by atoms with Crippen LogP contribution in [0.2, 0.25) is 0 Å². The van der Waals surface area contributed by atoms with Crippen LogP contribution in [0.25, 0.3) is 10.8 Å². The molecule has 0 radical (unpaired) electrons. The minimum Gasteiger partial charge on any atom is -0.508 e. The van der Waals surface area contributed by atoms with Crippen molar-refractivity contribution in [1.82, 2.24) is 0 Å². The SMILES string of the molecule is CSc1ccc(C#Cc2ccc3cc(O)ccc3c2)cc1. The van der Waals surface area contributed by atoms with Crippen molar-refractivity contribution in [2.75, 3.05) is 6.26 Å². The summed E-state index contributed by atoms with van der Waals surface area (Å²) in [6, 6.07) is 19.6. The first-order chi connectivity index (χ1) is 10.2. The normalized spacial score (nSPS) is 10.1. The molecule has 0 bridgehead atoms. The van der Waals surface area contributed by atoms with Crippen LogP contribution in [0.1, 0.15) is 11.1 Å². The maximum Gasteiger partial charge on any atom is 0.116 e. The Labute approximate surface area is 128 Å². The lowest BCUT2D eigenvalue weighted by Gasteiger charge is -1.99. The van der Waals surface area contributed by atoms with Crippen molar-refractivity contribution < 1.29 is 5.11 Å². The van der Waals surface area contributed by atoms with Crippen molar-refractivity contribution in [2.45, 2.75) is 4.90 Å². The zero-order valence-corrected chi connectivity index (χ0v) is 12.4. The predicted molar refractivity (Wildman–Crippen MR) is 89.8 cm³/mol. The average Bonchev–Trinajstić information content (AvgIpc) is 2.53. The Bertz CT molecular complexity index is 839. The molecule has 1 nitrogen and oxygen atoms in total. The van der Waals surface area contributed by atoms with Gasteiger partial charge in [-0.3, -0.25) is 0 Å². The molecule has 102 valence electrons. The topological polar surface area (TPSA) is 20.2 Å². The molecule has 2 heteroatoms. The van der Waals surface area contributed by atoms with Gasteiger partial charge in [0.05, 0.1) is 0 Å². The van der Waals surface area contributed by atoms with Gasteiger partial charge in [0.25, 0.3) is 0 Å². The summed E-state index contributed by atoms with van der Waals surface area (Å²) in [7, 11) is 0. The molecule has 0 atom stereocenters. The number of fused-ring (bicyclic) bond motifs is 1. The van der Waals surface area contributed by atoms with E-state index in [1.54, 1.807) is 23.9 Å². The summed E-state index contributed by atoms with van der Waals surface area (Å²) >= 11 is 1.73. The molecular weight excluding hydrogens is 276 g/mol. The maximum atomic E-state index is 9.46. The van der Waals surface area contributed by atoms with Gasteiger partial charge in [0.15, 0.2) is 0 Å². The van der Waals surface area contributed by atoms with E-state index in [2.05, 4.69) is 30.2 Å². The molecule has 0 amide bonds. The minimum atomic E-state index is 0.287. The van der Waals surface area contributed by atoms with Crippen LogP contribution in [-0.4, -0.2) is 11.4 Å². The van der Waals surface area contributed by atoms with E-state index in [1.165, 1.54) is 4.90 Å². The zero-order chi connectivity index (χ0) is 14.7. The van der Waals surface area contributed by atoms with Gasteiger partial charge in [0.1, 0.15) is 5.75 Å². The largest absolute Gasteiger partial charge is 0.508 e. The molecule has 0 spiro atoms. The number of thioether (sulfide) groups is 1. The van der Waals surface area contributed by atoms with Gasteiger partial charge < -0.3 is 5.11 Å². The number of aromatic hydroxyl groups is 1. The Morgan fingerprint density at radius 3 is 2.14 bits per heavy atom. The Kier molecular flexibility index (Phi) is 3.85. The van der Waals surface area contributed by atoms with E-state index in [-0.39, 0.29) is 5.75 Å². The molecule has 3 aromatic rings. The lowest BCUT2D eigenvalue weighted by atomic mass is 10.1. The summed E-state index contributed by atoms with van der Waals surface area (Å²) < 4.78 is 0. The van der Waals surface area contributed by atoms with Crippen LogP contribution in [0.5, 0.6) is 5.75 Å². The van der Waals surface area contributed by atoms with Crippen molar-refractivity contribution in [1.29, 1.82) is 0 Å². The van der Waals surface area contributed by atoms with Gasteiger partial charge in [-0.15, -0.1) is 11.8 Å². The monoisotopic (exact) mass is 290 g/mol. The highest BCUT2D eigenvalue weighted by Crippen LogP contribution is 2.21. The third-order valence-electron chi connectivity index (χ3n) is 3.27. The zero-order valence-electron chi connectivity index (χ0n) is 11.6. The minimum absolute atomic E-state index is 0.287. The van der Waals surface area contributed by atoms with Crippen LogP contribution in [0.15, 0.2) is 65.6 Å². The number of benzene rings is 3. The van der Waals surface area contributed by atoms with E-state index in [0.717, 1.165) is 21.9 Å². The molecule has 0 unspecified atom stereocenters. The molecule has 0 aliphatic heterocycles. The van der Waals surface area contributed by atoms with Crippen molar-refractivity contribution in [2.24, 2.45) is 0 Å². The number of rotatable bonds is 1. The first kappa shape index (κ1) is 13.6. The fourth-order valence-corrected chi connectivity index (χ4v) is 2.54. The third kappa shape index (κ3) is 3.21. The first-order valence-electron chi connectivity index (χ1n) is 6.63. The highest BCUT2D eigenvalue weighted by atomic mass is 32.2. The molecule has 3 aromatic carbocycles. The van der Waals surface area contributed by atoms with Crippen LogP contribution in [0.3, 0.4) is 0 Å². The fourth-order valence-electron chi connectivity index (χ4n) is 2.13. The molecule has 0 aliphatic rings. The molecular formula is C19H14OS. The van der Waals surface area contributed by atoms with Crippen LogP contribution in [0, 0.1) is 11.8 Å². The summed E-state index contributed by atoms with van der Waals surface area (Å²) in [5, 5.41) is 11.6. The van der Waals surface area contributed by atoms with Crippen LogP contribution >= 0.6 is 11.8 Å². The number of phenols is 1. The second kappa shape index (κ2) is 5.95. The Morgan fingerprint density at radius 1 is 0.762 bits per heavy atom. The van der Waals surface area contributed by atoms with Crippen molar-refractivity contribution in [3.63, 3.8) is 0 Å². The van der Waals surface area contributed by atoms with E-state index in [9.17, 15) is 5.11 Å². The van der Waals surface area contributed by atoms with Gasteiger partial charge in [0.2, 0.25) is 0 Å². The Hall–Kier alpha value is -2.37. The molecule has 21 heavy (non-hydrogen) atoms. The van der Waals surface area contributed by atoms with E-state index in [1.807, 2.05) is 36.4 Å². The van der Waals surface area contributed by atoms with Crippen LogP contribution < -0.4 is 0 Å². The lowest BCUT2D eigenvalue weighted by Crippen LogP contribution is -1.78. The van der Waals surface area contributed by atoms with Crippen molar-refractivity contribution in [3.8, 4) is 17.6 Å². The summed E-state index contributed by atoms with van der Waals surface area (Å²) in [4.78, 5) is 1.24. The molecule has 3 rings (SSSR count). The summed E-state index contributed by atoms with van der Waals surface area (Å²) in [6.07, 6.45) is 2.06. The highest BCUT2D eigenvalue weighted by molar-refractivity contribution is 7.98. The fraction of sp³-hybridized carbons (Fsp3) is 0.0526. The number of phenolic OH excluding ortho intramolecular Hbond substituents is 1. The number of hydrogen-bond donors (Lipinski definition) is 1. The van der Waals surface area contributed by atoms with Crippen molar-refractivity contribution in [3.05, 3.63) is 71.8 Å². The molecule has 1 N–H and O–H groups in total. The van der Waals surface area contributed by atoms with E-state index >= 15 is 0 Å². The van der Waals surface area contributed by atoms with Gasteiger partial charge >= 0.3 is 0 Å². The second-order valence-corrected chi connectivity index (χ2v) is 5.60. The van der Waals surface area contributed by atoms with Crippen LogP contribution in [0.4, 0.5) is 0 Å². The van der Waals surface area contributed by atoms with Crippen LogP contribution in [-0.2, 0) is 0 Å². The molecule has 0 aromatic heterocycles. The smallest absolute Gasteiger partial charge is 0.116 e. The van der Waals surface area contributed by atoms with Gasteiger partial charge in [-0.25, -0.2) is 0 Å². The van der Waals surface area contributed by atoms with E-state index in [0.29, 0.717) is 0 Å². The molecule has 0 aliphatic carbocycles. The van der Waals surface area contributed by atoms with Gasteiger partial charge in [-0.05, 0) is 65.6 Å². The number of hydrogen-bond acceptors (Lipinski definition) is 2. The van der Waals surface area contributed by atoms with E-state index < -0.39 is 0 Å². The van der Waals surface area contributed by atoms with Gasteiger partial charge in [-0.1, -0.05) is 24.0 Å². The lowest BCUT2D eigenvalue weighted by molar-refractivity contribution is 0.476. The quantitative estimate of drug-likeness (QED) is 0.519. The average molecular weight is 290 g/mol. The van der Waals surface area contributed by atoms with Gasteiger partial charge in [0, 0.05) is 16.0 Å². The third-order valence-corrected chi connectivity index (χ3v) is 4.01. The highest BCUT2D eigenvalue weighted by Gasteiger charge is 1.96. The second-order valence-electron chi connectivity index (χ2n) is 4.72. The van der Waals surface area contributed by atoms with E-state index in [4.69, 9.17) is 0 Å². The Balaban J connectivity index is 1.90. The maximum absolute atomic E-state index is 9.46. The summed E-state index contributed by atoms with van der Waals surface area (Å²) in [5.41, 5.74) is 1.99. The van der Waals surface area contributed by atoms with Gasteiger partial charge in [-0.2, -0.15) is 0 Å². The molecule has 0 saturated heterocycles. The predicted octanol–water partition coefficient (Wildman–Crippen LogP) is 4.67. The summed E-state index contributed by atoms with van der Waals surface area (Å²) in [6.45, 7) is 0. The molecule has 0 fully saturated rings. The Morgan fingerprint density at radius 2 is 1.38 bits per heavy atom. The first-order valence-corrected chi connectivity index (χ1v) is 7.86. The summed E-state index contributed by atoms with van der Waals surface area (Å²) in [5.74, 6) is 6.65. The molecule has 0 saturated carbocycles. The molecule has 0 heterocycles. The van der Waals surface area contributed by atoms with Crippen molar-refractivity contribution >= 4 is 22.5 Å².